The highest BCUT2D eigenvalue weighted by Gasteiger charge is 2.07. The van der Waals surface area contributed by atoms with Gasteiger partial charge in [-0.3, -0.25) is 0 Å². The topological polar surface area (TPSA) is 20.2 Å². The van der Waals surface area contributed by atoms with Gasteiger partial charge in [-0.15, -0.1) is 11.3 Å². The molecule has 2 rings (SSSR count). The van der Waals surface area contributed by atoms with Gasteiger partial charge in [-0.2, -0.15) is 0 Å². The Kier molecular flexibility index (Phi) is 2.29. The fraction of sp³-hybridized carbons (Fsp3) is 0.200. The van der Waals surface area contributed by atoms with Gasteiger partial charge in [0.15, 0.2) is 0 Å². The van der Waals surface area contributed by atoms with Crippen LogP contribution in [0.4, 0.5) is 4.39 Å². The predicted molar refractivity (Wildman–Crippen MR) is 52.6 cm³/mol. The molecule has 1 N–H and O–H groups in total. The summed E-state index contributed by atoms with van der Waals surface area (Å²) in [5.74, 6) is -0.192. The van der Waals surface area contributed by atoms with Crippen LogP contribution in [0.2, 0.25) is 0 Å². The van der Waals surface area contributed by atoms with Gasteiger partial charge in [-0.05, 0) is 29.5 Å². The molecule has 0 saturated heterocycles. The molecule has 0 fully saturated rings. The van der Waals surface area contributed by atoms with Gasteiger partial charge in [0, 0.05) is 16.7 Å². The SMILES string of the molecule is OCCc1csc2cccc(F)c12. The van der Waals surface area contributed by atoms with Crippen LogP contribution in [0.3, 0.4) is 0 Å². The molecule has 2 aromatic rings. The molecule has 0 bridgehead atoms. The van der Waals surface area contributed by atoms with Crippen LogP contribution in [0.5, 0.6) is 0 Å². The second-order valence-corrected chi connectivity index (χ2v) is 3.76. The smallest absolute Gasteiger partial charge is 0.132 e. The minimum atomic E-state index is -0.192. The first-order valence-electron chi connectivity index (χ1n) is 4.08. The second-order valence-electron chi connectivity index (χ2n) is 2.85. The Balaban J connectivity index is 2.64. The van der Waals surface area contributed by atoms with Gasteiger partial charge in [0.05, 0.1) is 0 Å². The largest absolute Gasteiger partial charge is 0.396 e. The third-order valence-corrected chi connectivity index (χ3v) is 3.00. The fourth-order valence-corrected chi connectivity index (χ4v) is 2.42. The molecule has 0 aliphatic heterocycles. The van der Waals surface area contributed by atoms with Crippen molar-refractivity contribution in [3.63, 3.8) is 0 Å². The summed E-state index contributed by atoms with van der Waals surface area (Å²) in [6.07, 6.45) is 0.529. The van der Waals surface area contributed by atoms with Gasteiger partial charge in [0.2, 0.25) is 0 Å². The first-order chi connectivity index (χ1) is 6.33. The number of benzene rings is 1. The van der Waals surface area contributed by atoms with Crippen LogP contribution in [0.1, 0.15) is 5.56 Å². The number of rotatable bonds is 2. The molecule has 0 unspecified atom stereocenters. The van der Waals surface area contributed by atoms with Gasteiger partial charge in [-0.1, -0.05) is 6.07 Å². The minimum Gasteiger partial charge on any atom is -0.396 e. The summed E-state index contributed by atoms with van der Waals surface area (Å²) in [4.78, 5) is 0. The number of fused-ring (bicyclic) bond motifs is 1. The molecule has 0 atom stereocenters. The van der Waals surface area contributed by atoms with E-state index in [1.165, 1.54) is 17.4 Å². The van der Waals surface area contributed by atoms with E-state index >= 15 is 0 Å². The zero-order chi connectivity index (χ0) is 9.26. The van der Waals surface area contributed by atoms with E-state index in [0.717, 1.165) is 10.3 Å². The second kappa shape index (κ2) is 3.44. The molecule has 0 aliphatic rings. The Hall–Kier alpha value is -0.930. The van der Waals surface area contributed by atoms with Crippen LogP contribution in [-0.2, 0) is 6.42 Å². The van der Waals surface area contributed by atoms with Crippen LogP contribution >= 0.6 is 11.3 Å². The van der Waals surface area contributed by atoms with E-state index in [1.807, 2.05) is 11.4 Å². The van der Waals surface area contributed by atoms with Crippen LogP contribution in [0.15, 0.2) is 23.6 Å². The highest BCUT2D eigenvalue weighted by Crippen LogP contribution is 2.28. The molecule has 0 spiro atoms. The monoisotopic (exact) mass is 196 g/mol. The lowest BCUT2D eigenvalue weighted by Crippen LogP contribution is -1.89. The number of hydrogen-bond donors (Lipinski definition) is 1. The standard InChI is InChI=1S/C10H9FOS/c11-8-2-1-3-9-10(8)7(4-5-12)6-13-9/h1-3,6,12H,4-5H2. The lowest BCUT2D eigenvalue weighted by Gasteiger charge is -1.96. The molecule has 0 aliphatic carbocycles. The zero-order valence-electron chi connectivity index (χ0n) is 6.96. The molecule has 0 radical (unpaired) electrons. The average molecular weight is 196 g/mol. The molecule has 1 aromatic carbocycles. The summed E-state index contributed by atoms with van der Waals surface area (Å²) in [5.41, 5.74) is 0.903. The first kappa shape index (κ1) is 8.66. The van der Waals surface area contributed by atoms with Crippen molar-refractivity contribution < 1.29 is 9.50 Å². The van der Waals surface area contributed by atoms with Gasteiger partial charge < -0.3 is 5.11 Å². The number of hydrogen-bond acceptors (Lipinski definition) is 2. The van der Waals surface area contributed by atoms with E-state index in [1.54, 1.807) is 6.07 Å². The Morgan fingerprint density at radius 2 is 2.23 bits per heavy atom. The quantitative estimate of drug-likeness (QED) is 0.782. The number of thiophene rings is 1. The Labute approximate surface area is 79.4 Å². The van der Waals surface area contributed by atoms with Crippen LogP contribution in [0.25, 0.3) is 10.1 Å². The van der Waals surface area contributed by atoms with Crippen molar-refractivity contribution in [2.75, 3.05) is 6.61 Å². The first-order valence-corrected chi connectivity index (χ1v) is 4.96. The van der Waals surface area contributed by atoms with E-state index in [4.69, 9.17) is 5.11 Å². The fourth-order valence-electron chi connectivity index (χ4n) is 1.41. The predicted octanol–water partition coefficient (Wildman–Crippen LogP) is 2.58. The van der Waals surface area contributed by atoms with Crippen LogP contribution < -0.4 is 0 Å². The van der Waals surface area contributed by atoms with Crippen molar-refractivity contribution >= 4 is 21.4 Å². The highest BCUT2D eigenvalue weighted by molar-refractivity contribution is 7.17. The van der Waals surface area contributed by atoms with E-state index in [9.17, 15) is 4.39 Å². The van der Waals surface area contributed by atoms with Crippen molar-refractivity contribution in [2.45, 2.75) is 6.42 Å². The molecule has 68 valence electrons. The zero-order valence-corrected chi connectivity index (χ0v) is 7.77. The minimum absolute atomic E-state index is 0.0696. The summed E-state index contributed by atoms with van der Waals surface area (Å²) in [7, 11) is 0. The molecule has 1 nitrogen and oxygen atoms in total. The maximum Gasteiger partial charge on any atom is 0.132 e. The average Bonchev–Trinajstić information content (AvgIpc) is 2.51. The Morgan fingerprint density at radius 1 is 1.38 bits per heavy atom. The van der Waals surface area contributed by atoms with Gasteiger partial charge in [0.25, 0.3) is 0 Å². The Bertz CT molecular complexity index is 422. The van der Waals surface area contributed by atoms with E-state index in [-0.39, 0.29) is 12.4 Å². The van der Waals surface area contributed by atoms with Crippen LogP contribution in [-0.4, -0.2) is 11.7 Å². The van der Waals surface area contributed by atoms with Gasteiger partial charge in [-0.25, -0.2) is 4.39 Å². The highest BCUT2D eigenvalue weighted by atomic mass is 32.1. The van der Waals surface area contributed by atoms with Crippen molar-refractivity contribution in [1.82, 2.24) is 0 Å². The Morgan fingerprint density at radius 3 is 3.00 bits per heavy atom. The van der Waals surface area contributed by atoms with E-state index in [0.29, 0.717) is 11.8 Å². The molecular weight excluding hydrogens is 187 g/mol. The summed E-state index contributed by atoms with van der Waals surface area (Å²) in [6, 6.07) is 5.05. The summed E-state index contributed by atoms with van der Waals surface area (Å²) < 4.78 is 14.3. The lowest BCUT2D eigenvalue weighted by molar-refractivity contribution is 0.300. The molecule has 1 aromatic heterocycles. The summed E-state index contributed by atoms with van der Waals surface area (Å²) >= 11 is 1.52. The van der Waals surface area contributed by atoms with Gasteiger partial charge >= 0.3 is 0 Å². The molecule has 1 heterocycles. The van der Waals surface area contributed by atoms with E-state index < -0.39 is 0 Å². The lowest BCUT2D eigenvalue weighted by atomic mass is 10.1. The molecule has 0 amide bonds. The molecule has 13 heavy (non-hydrogen) atoms. The summed E-state index contributed by atoms with van der Waals surface area (Å²) in [6.45, 7) is 0.0696. The molecule has 3 heteroatoms. The van der Waals surface area contributed by atoms with Crippen molar-refractivity contribution in [3.8, 4) is 0 Å². The van der Waals surface area contributed by atoms with E-state index in [2.05, 4.69) is 0 Å². The molecule has 0 saturated carbocycles. The van der Waals surface area contributed by atoms with Gasteiger partial charge in [0.1, 0.15) is 5.82 Å². The van der Waals surface area contributed by atoms with Crippen molar-refractivity contribution in [3.05, 3.63) is 35.0 Å². The van der Waals surface area contributed by atoms with Crippen molar-refractivity contribution in [1.29, 1.82) is 0 Å². The number of halogens is 1. The third kappa shape index (κ3) is 1.45. The maximum atomic E-state index is 13.3. The van der Waals surface area contributed by atoms with Crippen LogP contribution in [0, 0.1) is 5.82 Å². The third-order valence-electron chi connectivity index (χ3n) is 2.01. The normalized spacial score (nSPS) is 10.9. The number of aliphatic hydroxyl groups is 1. The number of aliphatic hydroxyl groups excluding tert-OH is 1. The maximum absolute atomic E-state index is 13.3. The summed E-state index contributed by atoms with van der Waals surface area (Å²) in [5, 5.41) is 11.3. The van der Waals surface area contributed by atoms with Crippen molar-refractivity contribution in [2.24, 2.45) is 0 Å². The molecular formula is C10H9FOS.